The molecule has 1 heterocycles. The molecule has 2 aromatic rings. The molecule has 1 aromatic carbocycles. The van der Waals surface area contributed by atoms with Crippen LogP contribution in [0.1, 0.15) is 19.7 Å². The van der Waals surface area contributed by atoms with Crippen LogP contribution in [0, 0.1) is 5.92 Å². The smallest absolute Gasteiger partial charge is 0.258 e. The minimum absolute atomic E-state index is 0.458. The zero-order chi connectivity index (χ0) is 13.8. The topological polar surface area (TPSA) is 91.0 Å². The maximum absolute atomic E-state index is 5.74. The van der Waals surface area contributed by atoms with Crippen molar-refractivity contribution in [3.8, 4) is 11.5 Å². The average Bonchev–Trinajstić information content (AvgIpc) is 2.76. The highest BCUT2D eigenvalue weighted by molar-refractivity contribution is 7.98. The van der Waals surface area contributed by atoms with Crippen molar-refractivity contribution in [1.29, 1.82) is 0 Å². The summed E-state index contributed by atoms with van der Waals surface area (Å²) in [6, 6.07) is 5.24. The molecule has 0 radical (unpaired) electrons. The van der Waals surface area contributed by atoms with Gasteiger partial charge in [0.1, 0.15) is 0 Å². The van der Waals surface area contributed by atoms with Gasteiger partial charge in [0, 0.05) is 16.9 Å². The standard InChI is InChI=1S/C13H18N4OS/c1-8(2)6-19-7-12-16-13(18-17-12)9-3-10(14)5-11(15)4-9/h3-5,8H,6-7,14-15H2,1-2H3. The molecule has 0 saturated carbocycles. The van der Waals surface area contributed by atoms with E-state index in [2.05, 4.69) is 24.0 Å². The Labute approximate surface area is 116 Å². The van der Waals surface area contributed by atoms with Crippen LogP contribution in [0.2, 0.25) is 0 Å². The summed E-state index contributed by atoms with van der Waals surface area (Å²) in [6.45, 7) is 4.37. The molecule has 0 unspecified atom stereocenters. The number of benzene rings is 1. The van der Waals surface area contributed by atoms with E-state index in [0.29, 0.717) is 29.0 Å². The van der Waals surface area contributed by atoms with Gasteiger partial charge in [0.2, 0.25) is 0 Å². The zero-order valence-electron chi connectivity index (χ0n) is 11.1. The maximum Gasteiger partial charge on any atom is 0.258 e. The lowest BCUT2D eigenvalue weighted by molar-refractivity contribution is 0.425. The summed E-state index contributed by atoms with van der Waals surface area (Å²) in [5.41, 5.74) is 13.4. The molecular formula is C13H18N4OS. The summed E-state index contributed by atoms with van der Waals surface area (Å²) >= 11 is 1.79. The molecule has 0 aliphatic carbocycles. The van der Waals surface area contributed by atoms with Gasteiger partial charge in [-0.2, -0.15) is 16.7 Å². The minimum atomic E-state index is 0.458. The predicted molar refractivity (Wildman–Crippen MR) is 79.6 cm³/mol. The lowest BCUT2D eigenvalue weighted by Crippen LogP contribution is -1.93. The van der Waals surface area contributed by atoms with Crippen molar-refractivity contribution in [2.45, 2.75) is 19.6 Å². The number of thioether (sulfide) groups is 1. The second-order valence-electron chi connectivity index (χ2n) is 4.81. The third-order valence-electron chi connectivity index (χ3n) is 2.38. The molecule has 0 aliphatic rings. The summed E-state index contributed by atoms with van der Waals surface area (Å²) in [7, 11) is 0. The Hall–Kier alpha value is -1.69. The Morgan fingerprint density at radius 3 is 2.53 bits per heavy atom. The largest absolute Gasteiger partial charge is 0.399 e. The Balaban J connectivity index is 2.07. The maximum atomic E-state index is 5.74. The van der Waals surface area contributed by atoms with Crippen molar-refractivity contribution in [2.75, 3.05) is 17.2 Å². The second-order valence-corrected chi connectivity index (χ2v) is 5.84. The molecule has 0 saturated heterocycles. The van der Waals surface area contributed by atoms with Crippen molar-refractivity contribution in [1.82, 2.24) is 10.1 Å². The number of nitrogen functional groups attached to an aromatic ring is 2. The van der Waals surface area contributed by atoms with E-state index in [-0.39, 0.29) is 0 Å². The van der Waals surface area contributed by atoms with Crippen molar-refractivity contribution in [3.05, 3.63) is 24.0 Å². The van der Waals surface area contributed by atoms with Crippen molar-refractivity contribution in [3.63, 3.8) is 0 Å². The van der Waals surface area contributed by atoms with Gasteiger partial charge in [-0.1, -0.05) is 19.0 Å². The normalized spacial score (nSPS) is 11.1. The number of rotatable bonds is 5. The first-order valence-corrected chi connectivity index (χ1v) is 7.27. The van der Waals surface area contributed by atoms with Gasteiger partial charge in [-0.25, -0.2) is 0 Å². The summed E-state index contributed by atoms with van der Waals surface area (Å²) in [5, 5.41) is 3.96. The first kappa shape index (κ1) is 13.7. The number of anilines is 2. The summed E-state index contributed by atoms with van der Waals surface area (Å²) in [6.07, 6.45) is 0. The summed E-state index contributed by atoms with van der Waals surface area (Å²) in [5.74, 6) is 3.64. The van der Waals surface area contributed by atoms with Crippen LogP contribution < -0.4 is 11.5 Å². The summed E-state index contributed by atoms with van der Waals surface area (Å²) in [4.78, 5) is 4.35. The van der Waals surface area contributed by atoms with Crippen LogP contribution in [0.5, 0.6) is 0 Å². The lowest BCUT2D eigenvalue weighted by Gasteiger charge is -2.01. The van der Waals surface area contributed by atoms with E-state index in [1.807, 2.05) is 0 Å². The quantitative estimate of drug-likeness (QED) is 0.817. The monoisotopic (exact) mass is 278 g/mol. The fourth-order valence-electron chi connectivity index (χ4n) is 1.62. The van der Waals surface area contributed by atoms with Gasteiger partial charge in [-0.05, 0) is 29.9 Å². The molecule has 0 bridgehead atoms. The van der Waals surface area contributed by atoms with Crippen molar-refractivity contribution >= 4 is 23.1 Å². The molecule has 6 heteroatoms. The van der Waals surface area contributed by atoms with Crippen LogP contribution in [0.3, 0.4) is 0 Å². The van der Waals surface area contributed by atoms with Gasteiger partial charge in [-0.15, -0.1) is 0 Å². The van der Waals surface area contributed by atoms with Gasteiger partial charge in [0.25, 0.3) is 5.89 Å². The fourth-order valence-corrected chi connectivity index (χ4v) is 2.50. The molecule has 19 heavy (non-hydrogen) atoms. The van der Waals surface area contributed by atoms with Crippen LogP contribution in [0.15, 0.2) is 22.7 Å². The second kappa shape index (κ2) is 5.97. The van der Waals surface area contributed by atoms with Gasteiger partial charge in [-0.3, -0.25) is 0 Å². The van der Waals surface area contributed by atoms with E-state index in [9.17, 15) is 0 Å². The van der Waals surface area contributed by atoms with E-state index in [1.165, 1.54) is 0 Å². The van der Waals surface area contributed by atoms with E-state index < -0.39 is 0 Å². The molecular weight excluding hydrogens is 260 g/mol. The third-order valence-corrected chi connectivity index (χ3v) is 3.74. The van der Waals surface area contributed by atoms with E-state index in [4.69, 9.17) is 16.0 Å². The van der Waals surface area contributed by atoms with Gasteiger partial charge in [0.15, 0.2) is 5.82 Å². The van der Waals surface area contributed by atoms with Gasteiger partial charge >= 0.3 is 0 Å². The number of hydrogen-bond acceptors (Lipinski definition) is 6. The van der Waals surface area contributed by atoms with Crippen LogP contribution in [-0.2, 0) is 5.75 Å². The number of hydrogen-bond donors (Lipinski definition) is 2. The van der Waals surface area contributed by atoms with Crippen LogP contribution in [0.25, 0.3) is 11.5 Å². The Bertz CT molecular complexity index is 533. The average molecular weight is 278 g/mol. The molecule has 0 aliphatic heterocycles. The molecule has 0 fully saturated rings. The van der Waals surface area contributed by atoms with Crippen molar-refractivity contribution < 1.29 is 4.52 Å². The lowest BCUT2D eigenvalue weighted by atomic mass is 10.2. The Kier molecular flexibility index (Phi) is 4.31. The molecule has 0 atom stereocenters. The molecule has 4 N–H and O–H groups in total. The Morgan fingerprint density at radius 2 is 1.89 bits per heavy atom. The van der Waals surface area contributed by atoms with E-state index >= 15 is 0 Å². The summed E-state index contributed by atoms with van der Waals surface area (Å²) < 4.78 is 5.23. The molecule has 5 nitrogen and oxygen atoms in total. The highest BCUT2D eigenvalue weighted by atomic mass is 32.2. The zero-order valence-corrected chi connectivity index (χ0v) is 11.9. The number of aromatic nitrogens is 2. The molecule has 1 aromatic heterocycles. The molecule has 0 amide bonds. The SMILES string of the molecule is CC(C)CSCc1noc(-c2cc(N)cc(N)c2)n1. The first-order valence-electron chi connectivity index (χ1n) is 6.11. The van der Waals surface area contributed by atoms with Crippen LogP contribution >= 0.6 is 11.8 Å². The van der Waals surface area contributed by atoms with Crippen LogP contribution in [0.4, 0.5) is 11.4 Å². The van der Waals surface area contributed by atoms with Gasteiger partial charge < -0.3 is 16.0 Å². The fraction of sp³-hybridized carbons (Fsp3) is 0.385. The highest BCUT2D eigenvalue weighted by Gasteiger charge is 2.10. The molecule has 2 rings (SSSR count). The van der Waals surface area contributed by atoms with Gasteiger partial charge in [0.05, 0.1) is 5.75 Å². The van der Waals surface area contributed by atoms with Crippen molar-refractivity contribution in [2.24, 2.45) is 5.92 Å². The molecule has 0 spiro atoms. The number of nitrogens with two attached hydrogens (primary N) is 2. The predicted octanol–water partition coefficient (Wildman–Crippen LogP) is 2.79. The first-order chi connectivity index (χ1) is 9.04. The highest BCUT2D eigenvalue weighted by Crippen LogP contribution is 2.24. The number of nitrogens with zero attached hydrogens (tertiary/aromatic N) is 2. The van der Waals surface area contributed by atoms with Crippen LogP contribution in [-0.4, -0.2) is 15.9 Å². The Morgan fingerprint density at radius 1 is 1.21 bits per heavy atom. The van der Waals surface area contributed by atoms with E-state index in [0.717, 1.165) is 17.1 Å². The molecule has 102 valence electrons. The third kappa shape index (κ3) is 3.89. The van der Waals surface area contributed by atoms with E-state index in [1.54, 1.807) is 30.0 Å². The minimum Gasteiger partial charge on any atom is -0.399 e.